The van der Waals surface area contributed by atoms with Crippen molar-refractivity contribution < 1.29 is 9.63 Å². The van der Waals surface area contributed by atoms with Crippen LogP contribution in [0.25, 0.3) is 0 Å². The van der Waals surface area contributed by atoms with Crippen LogP contribution in [0.4, 0.5) is 0 Å². The largest absolute Gasteiger partial charge is 0.392 e. The molecule has 1 aliphatic rings. The highest BCUT2D eigenvalue weighted by Gasteiger charge is 2.25. The molecule has 4 heteroatoms. The molecule has 1 saturated carbocycles. The molecule has 4 nitrogen and oxygen atoms in total. The predicted molar refractivity (Wildman–Crippen MR) is 69.2 cm³/mol. The van der Waals surface area contributed by atoms with E-state index in [2.05, 4.69) is 17.1 Å². The van der Waals surface area contributed by atoms with Crippen molar-refractivity contribution in [3.05, 3.63) is 11.7 Å². The number of nitrogens with zero attached hydrogens (tertiary/aromatic N) is 2. The van der Waals surface area contributed by atoms with Crippen LogP contribution in [0.2, 0.25) is 0 Å². The van der Waals surface area contributed by atoms with Crippen molar-refractivity contribution >= 4 is 0 Å². The van der Waals surface area contributed by atoms with Gasteiger partial charge in [-0.3, -0.25) is 0 Å². The molecule has 2 rings (SSSR count). The number of hydrogen-bond donors (Lipinski definition) is 1. The smallest absolute Gasteiger partial charge is 0.229 e. The van der Waals surface area contributed by atoms with Crippen LogP contribution < -0.4 is 0 Å². The summed E-state index contributed by atoms with van der Waals surface area (Å²) in [5.41, 5.74) is 0. The molecular weight excluding hydrogens is 228 g/mol. The molecule has 1 N–H and O–H groups in total. The van der Waals surface area contributed by atoms with Crippen molar-refractivity contribution in [2.24, 2.45) is 11.8 Å². The zero-order valence-electron chi connectivity index (χ0n) is 11.6. The molecule has 3 unspecified atom stereocenters. The van der Waals surface area contributed by atoms with E-state index in [1.807, 2.05) is 13.8 Å². The maximum atomic E-state index is 9.81. The van der Waals surface area contributed by atoms with E-state index in [-0.39, 0.29) is 5.92 Å². The highest BCUT2D eigenvalue weighted by Crippen LogP contribution is 2.34. The first-order chi connectivity index (χ1) is 8.56. The van der Waals surface area contributed by atoms with E-state index >= 15 is 0 Å². The average Bonchev–Trinajstić information content (AvgIpc) is 2.77. The van der Waals surface area contributed by atoms with Gasteiger partial charge in [0, 0.05) is 5.92 Å². The molecule has 0 spiro atoms. The molecule has 0 aromatic carbocycles. The Bertz CT molecular complexity index is 376. The summed E-state index contributed by atoms with van der Waals surface area (Å²) in [4.78, 5) is 4.45. The van der Waals surface area contributed by atoms with Gasteiger partial charge >= 0.3 is 0 Å². The molecule has 102 valence electrons. The number of aromatic nitrogens is 2. The maximum absolute atomic E-state index is 9.81. The predicted octanol–water partition coefficient (Wildman–Crippen LogP) is 2.92. The minimum Gasteiger partial charge on any atom is -0.392 e. The van der Waals surface area contributed by atoms with Crippen LogP contribution in [-0.4, -0.2) is 21.4 Å². The Balaban J connectivity index is 1.97. The van der Waals surface area contributed by atoms with E-state index < -0.39 is 6.10 Å². The van der Waals surface area contributed by atoms with Gasteiger partial charge in [0.15, 0.2) is 5.82 Å². The second kappa shape index (κ2) is 5.83. The zero-order valence-corrected chi connectivity index (χ0v) is 11.6. The Morgan fingerprint density at radius 1 is 1.39 bits per heavy atom. The van der Waals surface area contributed by atoms with Crippen molar-refractivity contribution in [1.82, 2.24) is 10.1 Å². The van der Waals surface area contributed by atoms with E-state index in [9.17, 15) is 5.11 Å². The first-order valence-electron chi connectivity index (χ1n) is 7.06. The molecule has 1 aliphatic carbocycles. The lowest BCUT2D eigenvalue weighted by molar-refractivity contribution is 0.116. The summed E-state index contributed by atoms with van der Waals surface area (Å²) in [6.45, 7) is 6.27. The minimum absolute atomic E-state index is 0.218. The van der Waals surface area contributed by atoms with Crippen molar-refractivity contribution in [1.29, 1.82) is 0 Å². The third-order valence-corrected chi connectivity index (χ3v) is 3.94. The number of rotatable bonds is 4. The summed E-state index contributed by atoms with van der Waals surface area (Å²) < 4.78 is 5.25. The molecule has 0 amide bonds. The van der Waals surface area contributed by atoms with Crippen LogP contribution in [0.3, 0.4) is 0 Å². The fourth-order valence-corrected chi connectivity index (χ4v) is 2.60. The molecule has 1 aromatic heterocycles. The van der Waals surface area contributed by atoms with E-state index in [1.165, 1.54) is 12.8 Å². The fraction of sp³-hybridized carbons (Fsp3) is 0.857. The van der Waals surface area contributed by atoms with E-state index in [4.69, 9.17) is 4.52 Å². The van der Waals surface area contributed by atoms with Gasteiger partial charge in [-0.25, -0.2) is 0 Å². The van der Waals surface area contributed by atoms with Crippen molar-refractivity contribution in [2.75, 3.05) is 0 Å². The normalized spacial score (nSPS) is 26.5. The van der Waals surface area contributed by atoms with E-state index in [1.54, 1.807) is 0 Å². The van der Waals surface area contributed by atoms with Gasteiger partial charge in [-0.15, -0.1) is 0 Å². The Hall–Kier alpha value is -0.900. The van der Waals surface area contributed by atoms with Crippen LogP contribution >= 0.6 is 0 Å². The van der Waals surface area contributed by atoms with Crippen LogP contribution in [0.15, 0.2) is 4.52 Å². The third-order valence-electron chi connectivity index (χ3n) is 3.94. The lowest BCUT2D eigenvalue weighted by Crippen LogP contribution is -2.18. The molecule has 0 saturated heterocycles. The van der Waals surface area contributed by atoms with E-state index in [0.29, 0.717) is 18.2 Å². The van der Waals surface area contributed by atoms with Gasteiger partial charge in [0.1, 0.15) is 0 Å². The van der Waals surface area contributed by atoms with Crippen LogP contribution in [0, 0.1) is 11.8 Å². The Labute approximate surface area is 109 Å². The summed E-state index contributed by atoms with van der Waals surface area (Å²) >= 11 is 0. The second-order valence-electron chi connectivity index (χ2n) is 6.03. The molecule has 0 bridgehead atoms. The molecule has 0 aliphatic heterocycles. The third kappa shape index (κ3) is 3.31. The monoisotopic (exact) mass is 252 g/mol. The zero-order chi connectivity index (χ0) is 13.1. The van der Waals surface area contributed by atoms with Crippen molar-refractivity contribution in [3.8, 4) is 0 Å². The molecular formula is C14H24N2O2. The lowest BCUT2D eigenvalue weighted by Gasteiger charge is -2.23. The highest BCUT2D eigenvalue weighted by molar-refractivity contribution is 4.98. The van der Waals surface area contributed by atoms with Gasteiger partial charge in [-0.05, 0) is 24.7 Å². The lowest BCUT2D eigenvalue weighted by atomic mass is 9.82. The minimum atomic E-state index is -0.399. The van der Waals surface area contributed by atoms with Crippen LogP contribution in [0.5, 0.6) is 0 Å². The summed E-state index contributed by atoms with van der Waals surface area (Å²) in [5, 5.41) is 13.9. The molecule has 1 fully saturated rings. The summed E-state index contributed by atoms with van der Waals surface area (Å²) in [6, 6.07) is 0. The standard InChI is InChI=1S/C14H24N2O2/c1-9(2)12(17)8-13-15-14(16-18-13)11-6-4-5-10(3)7-11/h9-12,17H,4-8H2,1-3H3. The van der Waals surface area contributed by atoms with Gasteiger partial charge < -0.3 is 9.63 Å². The molecule has 1 aromatic rings. The van der Waals surface area contributed by atoms with Crippen molar-refractivity contribution in [3.63, 3.8) is 0 Å². The second-order valence-corrected chi connectivity index (χ2v) is 6.03. The van der Waals surface area contributed by atoms with Crippen LogP contribution in [0.1, 0.15) is 64.1 Å². The van der Waals surface area contributed by atoms with E-state index in [0.717, 1.165) is 24.6 Å². The highest BCUT2D eigenvalue weighted by atomic mass is 16.5. The molecule has 0 radical (unpaired) electrons. The van der Waals surface area contributed by atoms with Crippen molar-refractivity contribution in [2.45, 2.75) is 64.9 Å². The molecule has 1 heterocycles. The summed E-state index contributed by atoms with van der Waals surface area (Å²) in [5.74, 6) is 2.83. The Kier molecular flexibility index (Phi) is 4.38. The van der Waals surface area contributed by atoms with Gasteiger partial charge in [0.25, 0.3) is 0 Å². The van der Waals surface area contributed by atoms with Gasteiger partial charge in [0.05, 0.1) is 12.5 Å². The molecule has 3 atom stereocenters. The average molecular weight is 252 g/mol. The number of aliphatic hydroxyl groups is 1. The van der Waals surface area contributed by atoms with Gasteiger partial charge in [0.2, 0.25) is 5.89 Å². The topological polar surface area (TPSA) is 59.2 Å². The van der Waals surface area contributed by atoms with Gasteiger partial charge in [-0.1, -0.05) is 38.8 Å². The quantitative estimate of drug-likeness (QED) is 0.895. The first-order valence-corrected chi connectivity index (χ1v) is 7.06. The first kappa shape index (κ1) is 13.5. The Morgan fingerprint density at radius 3 is 2.83 bits per heavy atom. The summed E-state index contributed by atoms with van der Waals surface area (Å²) in [7, 11) is 0. The van der Waals surface area contributed by atoms with Crippen LogP contribution in [-0.2, 0) is 6.42 Å². The number of aliphatic hydroxyl groups excluding tert-OH is 1. The Morgan fingerprint density at radius 2 is 2.17 bits per heavy atom. The maximum Gasteiger partial charge on any atom is 0.229 e. The fourth-order valence-electron chi connectivity index (χ4n) is 2.60. The van der Waals surface area contributed by atoms with Gasteiger partial charge in [-0.2, -0.15) is 4.98 Å². The number of hydrogen-bond acceptors (Lipinski definition) is 4. The SMILES string of the molecule is CC1CCCC(c2noc(CC(O)C(C)C)n2)C1. The summed E-state index contributed by atoms with van der Waals surface area (Å²) in [6.07, 6.45) is 4.95. The molecule has 18 heavy (non-hydrogen) atoms.